The predicted octanol–water partition coefficient (Wildman–Crippen LogP) is 5.49. The van der Waals surface area contributed by atoms with E-state index in [0.717, 1.165) is 68.8 Å². The fraction of sp³-hybridized carbons (Fsp3) is 0.625. The van der Waals surface area contributed by atoms with Gasteiger partial charge in [0, 0.05) is 0 Å². The lowest BCUT2D eigenvalue weighted by Crippen LogP contribution is -2.19. The maximum Gasteiger partial charge on any atom is 0.335 e. The molecule has 2 fully saturated rings. The average Bonchev–Trinajstić information content (AvgIpc) is 2.70. The summed E-state index contributed by atoms with van der Waals surface area (Å²) in [5.41, 5.74) is 1.41. The molecule has 1 aromatic rings. The first-order chi connectivity index (χ1) is 14.1. The molecule has 3 N–H and O–H groups in total. The molecule has 0 unspecified atom stereocenters. The predicted molar refractivity (Wildman–Crippen MR) is 116 cm³/mol. The van der Waals surface area contributed by atoms with Crippen LogP contribution in [-0.2, 0) is 9.59 Å². The number of rotatable bonds is 3. The van der Waals surface area contributed by atoms with Crippen LogP contribution in [0.15, 0.2) is 24.3 Å². The van der Waals surface area contributed by atoms with Crippen LogP contribution in [0.25, 0.3) is 0 Å². The second kappa shape index (κ2) is 13.0. The van der Waals surface area contributed by atoms with Gasteiger partial charge in [0.25, 0.3) is 0 Å². The third-order valence-electron chi connectivity index (χ3n) is 6.03. The molecule has 0 spiro atoms. The van der Waals surface area contributed by atoms with Gasteiger partial charge in [-0.2, -0.15) is 0 Å². The summed E-state index contributed by atoms with van der Waals surface area (Å²) in [7, 11) is 0. The molecule has 0 heterocycles. The van der Waals surface area contributed by atoms with E-state index >= 15 is 0 Å². The summed E-state index contributed by atoms with van der Waals surface area (Å²) in [4.78, 5) is 31.2. The molecule has 30 heavy (non-hydrogen) atoms. The van der Waals surface area contributed by atoms with Crippen molar-refractivity contribution in [3.05, 3.63) is 35.4 Å². The van der Waals surface area contributed by atoms with Crippen LogP contribution in [0.3, 0.4) is 0 Å². The molecule has 1 aromatic carbocycles. The van der Waals surface area contributed by atoms with Crippen molar-refractivity contribution in [3.63, 3.8) is 0 Å². The minimum Gasteiger partial charge on any atom is -0.481 e. The topological polar surface area (TPSA) is 112 Å². The van der Waals surface area contributed by atoms with Crippen LogP contribution in [0.5, 0.6) is 0 Å². The monoisotopic (exact) mass is 420 g/mol. The number of carboxylic acid groups (broad SMARTS) is 3. The Morgan fingerprint density at radius 1 is 0.667 bits per heavy atom. The summed E-state index contributed by atoms with van der Waals surface area (Å²) in [6.45, 7) is 6.31. The molecule has 0 aromatic heterocycles. The average molecular weight is 421 g/mol. The second-order valence-corrected chi connectivity index (χ2v) is 8.76. The molecule has 6 heteroatoms. The van der Waals surface area contributed by atoms with E-state index in [1.165, 1.54) is 0 Å². The molecule has 2 aliphatic rings. The number of carboxylic acids is 3. The number of aromatic carboxylic acids is 1. The van der Waals surface area contributed by atoms with Crippen LogP contribution in [0.4, 0.5) is 0 Å². The number of hydrogen-bond acceptors (Lipinski definition) is 3. The number of hydrogen-bond donors (Lipinski definition) is 3. The lowest BCUT2D eigenvalue weighted by molar-refractivity contribution is -0.144. The van der Waals surface area contributed by atoms with Crippen LogP contribution in [0.1, 0.15) is 81.1 Å². The third-order valence-corrected chi connectivity index (χ3v) is 6.03. The first kappa shape index (κ1) is 25.7. The Morgan fingerprint density at radius 3 is 1.27 bits per heavy atom. The summed E-state index contributed by atoms with van der Waals surface area (Å²) >= 11 is 0. The highest BCUT2D eigenvalue weighted by atomic mass is 16.4. The van der Waals surface area contributed by atoms with E-state index in [-0.39, 0.29) is 11.8 Å². The highest BCUT2D eigenvalue weighted by Gasteiger charge is 2.24. The van der Waals surface area contributed by atoms with Crippen molar-refractivity contribution < 1.29 is 29.7 Å². The molecule has 2 saturated carbocycles. The maximum absolute atomic E-state index is 10.5. The molecular weight excluding hydrogens is 384 g/mol. The summed E-state index contributed by atoms with van der Waals surface area (Å²) in [6.07, 6.45) is 7.92. The number of carbonyl (C=O) groups is 3. The third kappa shape index (κ3) is 9.90. The smallest absolute Gasteiger partial charge is 0.335 e. The van der Waals surface area contributed by atoms with E-state index in [9.17, 15) is 14.4 Å². The van der Waals surface area contributed by atoms with Gasteiger partial charge in [-0.15, -0.1) is 0 Å². The van der Waals surface area contributed by atoms with Crippen molar-refractivity contribution in [2.45, 2.75) is 72.1 Å². The van der Waals surface area contributed by atoms with Gasteiger partial charge in [0.05, 0.1) is 17.4 Å². The quantitative estimate of drug-likeness (QED) is 0.596. The van der Waals surface area contributed by atoms with Gasteiger partial charge in [0.1, 0.15) is 0 Å². The molecule has 0 saturated heterocycles. The van der Waals surface area contributed by atoms with Gasteiger partial charge in [0.15, 0.2) is 0 Å². The largest absolute Gasteiger partial charge is 0.481 e. The molecule has 3 rings (SSSR count). The zero-order valence-electron chi connectivity index (χ0n) is 18.3. The number of aryl methyl sites for hydroxylation is 1. The van der Waals surface area contributed by atoms with Crippen molar-refractivity contribution >= 4 is 17.9 Å². The van der Waals surface area contributed by atoms with E-state index in [4.69, 9.17) is 15.3 Å². The van der Waals surface area contributed by atoms with Crippen molar-refractivity contribution in [2.75, 3.05) is 0 Å². The summed E-state index contributed by atoms with van der Waals surface area (Å²) in [6, 6.07) is 6.75. The molecule has 0 radical (unpaired) electrons. The zero-order valence-corrected chi connectivity index (χ0v) is 18.3. The van der Waals surface area contributed by atoms with Crippen molar-refractivity contribution in [2.24, 2.45) is 23.7 Å². The van der Waals surface area contributed by atoms with Gasteiger partial charge in [-0.05, 0) is 82.3 Å². The molecular formula is C24H36O6. The first-order valence-electron chi connectivity index (χ1n) is 10.9. The Kier molecular flexibility index (Phi) is 11.2. The van der Waals surface area contributed by atoms with Gasteiger partial charge < -0.3 is 15.3 Å². The first-order valence-corrected chi connectivity index (χ1v) is 10.9. The normalized spacial score (nSPS) is 25.6. The minimum absolute atomic E-state index is 0.0452. The second-order valence-electron chi connectivity index (χ2n) is 8.76. The standard InChI is InChI=1S/2C8H14O2.C8H8O2/c3*1-6-2-4-7(5-3-6)8(9)10/h2*6-7H,2-5H2,1H3,(H,9,10);2-5H,1H3,(H,9,10)/t6-,7+;6-,7-;. The van der Waals surface area contributed by atoms with Crippen LogP contribution in [-0.4, -0.2) is 33.2 Å². The minimum atomic E-state index is -0.875. The van der Waals surface area contributed by atoms with Crippen molar-refractivity contribution in [1.82, 2.24) is 0 Å². The zero-order chi connectivity index (χ0) is 22.7. The van der Waals surface area contributed by atoms with Gasteiger partial charge in [-0.3, -0.25) is 9.59 Å². The van der Waals surface area contributed by atoms with E-state index < -0.39 is 17.9 Å². The Labute approximate surface area is 179 Å². The SMILES string of the molecule is C[C@H]1CC[C@@H](C(=O)O)CC1.C[C@H]1CC[C@H](C(=O)O)CC1.Cc1ccc(C(=O)O)cc1. The summed E-state index contributed by atoms with van der Waals surface area (Å²) < 4.78 is 0. The molecule has 0 bridgehead atoms. The highest BCUT2D eigenvalue weighted by molar-refractivity contribution is 5.87. The highest BCUT2D eigenvalue weighted by Crippen LogP contribution is 2.28. The van der Waals surface area contributed by atoms with Gasteiger partial charge in [0.2, 0.25) is 0 Å². The van der Waals surface area contributed by atoms with Crippen LogP contribution in [0.2, 0.25) is 0 Å². The summed E-state index contributed by atoms with van der Waals surface area (Å²) in [5, 5.41) is 25.7. The number of aliphatic carboxylic acids is 2. The van der Waals surface area contributed by atoms with Gasteiger partial charge >= 0.3 is 17.9 Å². The lowest BCUT2D eigenvalue weighted by Gasteiger charge is -2.22. The Hall–Kier alpha value is -2.37. The molecule has 0 atom stereocenters. The fourth-order valence-electron chi connectivity index (χ4n) is 3.71. The van der Waals surface area contributed by atoms with Gasteiger partial charge in [-0.1, -0.05) is 31.5 Å². The summed E-state index contributed by atoms with van der Waals surface area (Å²) in [5.74, 6) is -0.683. The molecule has 168 valence electrons. The number of benzene rings is 1. The van der Waals surface area contributed by atoms with Gasteiger partial charge in [-0.25, -0.2) is 4.79 Å². The Morgan fingerprint density at radius 2 is 1.00 bits per heavy atom. The lowest BCUT2D eigenvalue weighted by atomic mass is 9.83. The van der Waals surface area contributed by atoms with Crippen LogP contribution >= 0.6 is 0 Å². The molecule has 2 aliphatic carbocycles. The van der Waals surface area contributed by atoms with E-state index in [0.29, 0.717) is 5.56 Å². The Bertz CT molecular complexity index is 633. The van der Waals surface area contributed by atoms with E-state index in [2.05, 4.69) is 13.8 Å². The van der Waals surface area contributed by atoms with Crippen LogP contribution < -0.4 is 0 Å². The van der Waals surface area contributed by atoms with Crippen molar-refractivity contribution in [3.8, 4) is 0 Å². The van der Waals surface area contributed by atoms with E-state index in [1.807, 2.05) is 6.92 Å². The maximum atomic E-state index is 10.5. The van der Waals surface area contributed by atoms with Crippen LogP contribution in [0, 0.1) is 30.6 Å². The van der Waals surface area contributed by atoms with Crippen molar-refractivity contribution in [1.29, 1.82) is 0 Å². The molecule has 0 aliphatic heterocycles. The molecule has 6 nitrogen and oxygen atoms in total. The van der Waals surface area contributed by atoms with E-state index in [1.54, 1.807) is 24.3 Å². The molecule has 0 amide bonds. The Balaban J connectivity index is 0.000000225. The fourth-order valence-corrected chi connectivity index (χ4v) is 3.71.